The molecular formula is C19H33NOS. The van der Waals surface area contributed by atoms with Crippen LogP contribution in [0.25, 0.3) is 6.08 Å². The normalized spacial score (nSPS) is 13.2. The summed E-state index contributed by atoms with van der Waals surface area (Å²) in [4.78, 5) is 4.51. The van der Waals surface area contributed by atoms with Gasteiger partial charge in [-0.3, -0.25) is 0 Å². The lowest BCUT2D eigenvalue weighted by Gasteiger charge is -2.16. The molecule has 0 aromatic carbocycles. The Morgan fingerprint density at radius 1 is 1.09 bits per heavy atom. The van der Waals surface area contributed by atoms with Crippen LogP contribution in [0.15, 0.2) is 16.8 Å². The summed E-state index contributed by atoms with van der Waals surface area (Å²) in [7, 11) is 0. The molecule has 2 nitrogen and oxygen atoms in total. The highest BCUT2D eigenvalue weighted by atomic mass is 32.2. The van der Waals surface area contributed by atoms with E-state index >= 15 is 0 Å². The fourth-order valence-electron chi connectivity index (χ4n) is 1.91. The number of unbranched alkanes of at least 4 members (excludes halogenated alkanes) is 3. The first-order valence-corrected chi connectivity index (χ1v) is 9.54. The van der Waals surface area contributed by atoms with Crippen LogP contribution in [0.2, 0.25) is 0 Å². The summed E-state index contributed by atoms with van der Waals surface area (Å²) in [5.41, 5.74) is 1.53. The quantitative estimate of drug-likeness (QED) is 0.523. The van der Waals surface area contributed by atoms with Crippen LogP contribution in [0.5, 0.6) is 0 Å². The number of allylic oxidation sites excluding steroid dienone is 1. The van der Waals surface area contributed by atoms with E-state index in [-0.39, 0.29) is 5.41 Å². The second-order valence-corrected chi connectivity index (χ2v) is 9.29. The van der Waals surface area contributed by atoms with Crippen LogP contribution in [-0.2, 0) is 5.41 Å². The SMILES string of the molecule is CC(C)(C)CSCCCCC/C=C/c1nc(C(C)(C)C)co1. The number of thioether (sulfide) groups is 1. The van der Waals surface area contributed by atoms with Crippen LogP contribution < -0.4 is 0 Å². The summed E-state index contributed by atoms with van der Waals surface area (Å²) in [6, 6.07) is 0. The average molecular weight is 324 g/mol. The number of rotatable bonds is 8. The van der Waals surface area contributed by atoms with Gasteiger partial charge in [0.2, 0.25) is 5.89 Å². The van der Waals surface area contributed by atoms with E-state index in [2.05, 4.69) is 64.4 Å². The van der Waals surface area contributed by atoms with Crippen LogP contribution in [0.4, 0.5) is 0 Å². The minimum atomic E-state index is 0.0559. The van der Waals surface area contributed by atoms with E-state index in [1.54, 1.807) is 6.26 Å². The van der Waals surface area contributed by atoms with Crippen LogP contribution >= 0.6 is 11.8 Å². The van der Waals surface area contributed by atoms with E-state index in [0.29, 0.717) is 5.41 Å². The van der Waals surface area contributed by atoms with Crippen LogP contribution in [0.1, 0.15) is 78.8 Å². The smallest absolute Gasteiger partial charge is 0.218 e. The largest absolute Gasteiger partial charge is 0.445 e. The molecule has 0 N–H and O–H groups in total. The van der Waals surface area contributed by atoms with Gasteiger partial charge in [0.25, 0.3) is 0 Å². The van der Waals surface area contributed by atoms with Gasteiger partial charge < -0.3 is 4.42 Å². The monoisotopic (exact) mass is 323 g/mol. The van der Waals surface area contributed by atoms with Gasteiger partial charge in [0, 0.05) is 5.41 Å². The third-order valence-corrected chi connectivity index (χ3v) is 4.89. The summed E-state index contributed by atoms with van der Waals surface area (Å²) in [5, 5.41) is 0. The number of aromatic nitrogens is 1. The van der Waals surface area contributed by atoms with E-state index in [1.807, 2.05) is 6.08 Å². The highest BCUT2D eigenvalue weighted by molar-refractivity contribution is 7.99. The van der Waals surface area contributed by atoms with Crippen LogP contribution in [0.3, 0.4) is 0 Å². The molecular weight excluding hydrogens is 290 g/mol. The Labute approximate surface area is 141 Å². The summed E-state index contributed by atoms with van der Waals surface area (Å²) in [6.45, 7) is 13.4. The zero-order valence-electron chi connectivity index (χ0n) is 15.2. The molecule has 1 rings (SSSR count). The molecule has 0 fully saturated rings. The molecule has 22 heavy (non-hydrogen) atoms. The maximum atomic E-state index is 5.48. The molecule has 0 aliphatic carbocycles. The van der Waals surface area contributed by atoms with E-state index in [9.17, 15) is 0 Å². The molecule has 0 saturated carbocycles. The van der Waals surface area contributed by atoms with E-state index in [1.165, 1.54) is 30.8 Å². The zero-order chi connectivity index (χ0) is 16.6. The van der Waals surface area contributed by atoms with Gasteiger partial charge in [0.15, 0.2) is 0 Å². The van der Waals surface area contributed by atoms with Gasteiger partial charge in [-0.15, -0.1) is 0 Å². The standard InChI is InChI=1S/C19H33NOS/c1-18(2,3)15-22-13-11-9-7-8-10-12-17-20-16(14-21-17)19(4,5)6/h10,12,14H,7-9,11,13,15H2,1-6H3/b12-10+. The van der Waals surface area contributed by atoms with Crippen molar-refractivity contribution in [2.24, 2.45) is 5.41 Å². The third kappa shape index (κ3) is 8.67. The van der Waals surface area contributed by atoms with Crippen molar-refractivity contribution in [3.05, 3.63) is 23.9 Å². The second-order valence-electron chi connectivity index (χ2n) is 8.19. The summed E-state index contributed by atoms with van der Waals surface area (Å²) >= 11 is 2.08. The first-order valence-electron chi connectivity index (χ1n) is 8.39. The maximum Gasteiger partial charge on any atom is 0.218 e. The molecule has 1 aromatic rings. The molecule has 0 amide bonds. The predicted molar refractivity (Wildman–Crippen MR) is 99.5 cm³/mol. The second kappa shape index (κ2) is 8.81. The Balaban J connectivity index is 2.11. The topological polar surface area (TPSA) is 26.0 Å². The summed E-state index contributed by atoms with van der Waals surface area (Å²) in [5.74, 6) is 3.27. The Hall–Kier alpha value is -0.700. The molecule has 0 atom stereocenters. The van der Waals surface area contributed by atoms with E-state index < -0.39 is 0 Å². The molecule has 3 heteroatoms. The lowest BCUT2D eigenvalue weighted by atomic mass is 9.93. The van der Waals surface area contributed by atoms with Gasteiger partial charge in [0.1, 0.15) is 6.26 Å². The lowest BCUT2D eigenvalue weighted by Crippen LogP contribution is -2.11. The van der Waals surface area contributed by atoms with Gasteiger partial charge in [-0.2, -0.15) is 11.8 Å². The minimum absolute atomic E-state index is 0.0559. The van der Waals surface area contributed by atoms with Crippen molar-refractivity contribution in [3.8, 4) is 0 Å². The van der Waals surface area contributed by atoms with Crippen molar-refractivity contribution in [2.45, 2.75) is 72.6 Å². The van der Waals surface area contributed by atoms with Gasteiger partial charge in [-0.05, 0) is 42.3 Å². The van der Waals surface area contributed by atoms with E-state index in [4.69, 9.17) is 4.42 Å². The number of hydrogen-bond acceptors (Lipinski definition) is 3. The van der Waals surface area contributed by atoms with Crippen molar-refractivity contribution in [1.29, 1.82) is 0 Å². The fourth-order valence-corrected chi connectivity index (χ4v) is 3.08. The molecule has 0 aliphatic heterocycles. The third-order valence-electron chi connectivity index (χ3n) is 3.25. The first kappa shape index (κ1) is 19.3. The molecule has 0 saturated heterocycles. The zero-order valence-corrected chi connectivity index (χ0v) is 16.1. The van der Waals surface area contributed by atoms with Gasteiger partial charge in [-0.25, -0.2) is 4.98 Å². The molecule has 126 valence electrons. The van der Waals surface area contributed by atoms with Crippen molar-refractivity contribution in [1.82, 2.24) is 4.98 Å². The number of hydrogen-bond donors (Lipinski definition) is 0. The molecule has 0 radical (unpaired) electrons. The predicted octanol–water partition coefficient (Wildman–Crippen LogP) is 6.33. The summed E-state index contributed by atoms with van der Waals surface area (Å²) in [6.07, 6.45) is 10.9. The maximum absolute atomic E-state index is 5.48. The molecule has 1 aromatic heterocycles. The fraction of sp³-hybridized carbons (Fsp3) is 0.737. The van der Waals surface area contributed by atoms with Crippen molar-refractivity contribution < 1.29 is 4.42 Å². The first-order chi connectivity index (χ1) is 10.2. The lowest BCUT2D eigenvalue weighted by molar-refractivity contribution is 0.480. The minimum Gasteiger partial charge on any atom is -0.445 e. The summed E-state index contributed by atoms with van der Waals surface area (Å²) < 4.78 is 5.48. The van der Waals surface area contributed by atoms with Gasteiger partial charge in [0.05, 0.1) is 5.69 Å². The van der Waals surface area contributed by atoms with Crippen molar-refractivity contribution in [3.63, 3.8) is 0 Å². The molecule has 0 spiro atoms. The Kier molecular flexibility index (Phi) is 7.75. The van der Waals surface area contributed by atoms with Crippen molar-refractivity contribution >= 4 is 17.8 Å². The van der Waals surface area contributed by atoms with Gasteiger partial charge >= 0.3 is 0 Å². The Bertz CT molecular complexity index is 449. The molecule has 0 aliphatic rings. The highest BCUT2D eigenvalue weighted by Crippen LogP contribution is 2.22. The molecule has 1 heterocycles. The molecule has 0 unspecified atom stereocenters. The highest BCUT2D eigenvalue weighted by Gasteiger charge is 2.17. The van der Waals surface area contributed by atoms with Crippen LogP contribution in [-0.4, -0.2) is 16.5 Å². The number of nitrogens with zero attached hydrogens (tertiary/aromatic N) is 1. The molecule has 0 bridgehead atoms. The van der Waals surface area contributed by atoms with Crippen LogP contribution in [0, 0.1) is 5.41 Å². The van der Waals surface area contributed by atoms with Gasteiger partial charge in [-0.1, -0.05) is 54.0 Å². The van der Waals surface area contributed by atoms with E-state index in [0.717, 1.165) is 18.0 Å². The van der Waals surface area contributed by atoms with Crippen molar-refractivity contribution in [2.75, 3.05) is 11.5 Å². The Morgan fingerprint density at radius 2 is 1.82 bits per heavy atom. The Morgan fingerprint density at radius 3 is 2.41 bits per heavy atom. The number of oxazole rings is 1. The average Bonchev–Trinajstić information content (AvgIpc) is 2.84.